The average Bonchev–Trinajstić information content (AvgIpc) is 2.06. The molecular weight excluding hydrogens is 138 g/mol. The van der Waals surface area contributed by atoms with E-state index in [9.17, 15) is 0 Å². The van der Waals surface area contributed by atoms with Crippen LogP contribution in [0.5, 0.6) is 0 Å². The summed E-state index contributed by atoms with van der Waals surface area (Å²) in [6.07, 6.45) is 5.49. The molecule has 0 saturated carbocycles. The summed E-state index contributed by atoms with van der Waals surface area (Å²) >= 11 is 0. The van der Waals surface area contributed by atoms with Crippen LogP contribution in [-0.4, -0.2) is 16.9 Å². The van der Waals surface area contributed by atoms with Gasteiger partial charge >= 0.3 is 0 Å². The number of hydrogen-bond acceptors (Lipinski definition) is 3. The fraction of sp³-hybridized carbons (Fsp3) is 0.250. The molecule has 0 atom stereocenters. The van der Waals surface area contributed by atoms with Crippen LogP contribution in [0.2, 0.25) is 0 Å². The fourth-order valence-corrected chi connectivity index (χ4v) is 0.801. The van der Waals surface area contributed by atoms with Crippen LogP contribution in [0.3, 0.4) is 0 Å². The third-order valence-electron chi connectivity index (χ3n) is 1.31. The van der Waals surface area contributed by atoms with Crippen LogP contribution in [0.4, 0.5) is 0 Å². The molecule has 0 radical (unpaired) electrons. The highest BCUT2D eigenvalue weighted by Crippen LogP contribution is 1.98. The van der Waals surface area contributed by atoms with Crippen LogP contribution in [0.25, 0.3) is 0 Å². The van der Waals surface area contributed by atoms with Gasteiger partial charge in [-0.1, -0.05) is 6.07 Å². The van der Waals surface area contributed by atoms with Gasteiger partial charge in [0, 0.05) is 19.4 Å². The smallest absolute Gasteiger partial charge is 0.179 e. The predicted octanol–water partition coefficient (Wildman–Crippen LogP) is 0.994. The SMILES string of the molecule is CN(C#N)Cc1cccnc1. The molecule has 1 heterocycles. The molecule has 0 aliphatic rings. The minimum Gasteiger partial charge on any atom is -0.309 e. The lowest BCUT2D eigenvalue weighted by Gasteiger charge is -2.06. The topological polar surface area (TPSA) is 39.9 Å². The Kier molecular flexibility index (Phi) is 2.45. The van der Waals surface area contributed by atoms with Crippen molar-refractivity contribution in [3.05, 3.63) is 30.1 Å². The van der Waals surface area contributed by atoms with Gasteiger partial charge in [0.25, 0.3) is 0 Å². The number of rotatable bonds is 2. The van der Waals surface area contributed by atoms with Crippen LogP contribution in [0.15, 0.2) is 24.5 Å². The second kappa shape index (κ2) is 3.57. The monoisotopic (exact) mass is 147 g/mol. The van der Waals surface area contributed by atoms with E-state index in [1.807, 2.05) is 18.3 Å². The lowest BCUT2D eigenvalue weighted by molar-refractivity contribution is 0.468. The fourth-order valence-electron chi connectivity index (χ4n) is 0.801. The van der Waals surface area contributed by atoms with Crippen molar-refractivity contribution in [3.63, 3.8) is 0 Å². The third-order valence-corrected chi connectivity index (χ3v) is 1.31. The van der Waals surface area contributed by atoms with E-state index in [0.717, 1.165) is 5.56 Å². The van der Waals surface area contributed by atoms with Crippen molar-refractivity contribution >= 4 is 0 Å². The largest absolute Gasteiger partial charge is 0.309 e. The maximum absolute atomic E-state index is 8.45. The Morgan fingerprint density at radius 3 is 3.09 bits per heavy atom. The number of aromatic nitrogens is 1. The van der Waals surface area contributed by atoms with Crippen molar-refractivity contribution in [1.82, 2.24) is 9.88 Å². The van der Waals surface area contributed by atoms with Gasteiger partial charge in [-0.15, -0.1) is 0 Å². The molecule has 0 bridgehead atoms. The van der Waals surface area contributed by atoms with Crippen LogP contribution in [-0.2, 0) is 6.54 Å². The van der Waals surface area contributed by atoms with E-state index >= 15 is 0 Å². The molecule has 1 aromatic heterocycles. The normalized spacial score (nSPS) is 8.73. The molecule has 0 saturated heterocycles. The summed E-state index contributed by atoms with van der Waals surface area (Å²) in [5, 5.41) is 8.45. The summed E-state index contributed by atoms with van der Waals surface area (Å²) in [7, 11) is 1.74. The molecule has 0 N–H and O–H groups in total. The van der Waals surface area contributed by atoms with Crippen molar-refractivity contribution in [2.75, 3.05) is 7.05 Å². The van der Waals surface area contributed by atoms with Crippen molar-refractivity contribution in [1.29, 1.82) is 5.26 Å². The van der Waals surface area contributed by atoms with Crippen LogP contribution >= 0.6 is 0 Å². The molecule has 0 aliphatic heterocycles. The number of nitriles is 1. The van der Waals surface area contributed by atoms with Gasteiger partial charge in [0.2, 0.25) is 0 Å². The van der Waals surface area contributed by atoms with Gasteiger partial charge in [0.15, 0.2) is 6.19 Å². The van der Waals surface area contributed by atoms with Gasteiger partial charge < -0.3 is 4.90 Å². The first-order valence-electron chi connectivity index (χ1n) is 3.32. The van der Waals surface area contributed by atoms with E-state index in [4.69, 9.17) is 5.26 Å². The van der Waals surface area contributed by atoms with Crippen molar-refractivity contribution < 1.29 is 0 Å². The Hall–Kier alpha value is -1.56. The lowest BCUT2D eigenvalue weighted by Crippen LogP contribution is -2.09. The molecule has 0 spiro atoms. The van der Waals surface area contributed by atoms with E-state index in [2.05, 4.69) is 4.98 Å². The molecule has 0 unspecified atom stereocenters. The first-order valence-corrected chi connectivity index (χ1v) is 3.32. The second-order valence-electron chi connectivity index (χ2n) is 2.32. The lowest BCUT2D eigenvalue weighted by atomic mass is 10.3. The molecule has 0 aliphatic carbocycles. The van der Waals surface area contributed by atoms with Gasteiger partial charge in [-0.3, -0.25) is 4.98 Å². The molecule has 3 heteroatoms. The molecule has 56 valence electrons. The van der Waals surface area contributed by atoms with Crippen molar-refractivity contribution in [2.45, 2.75) is 6.54 Å². The zero-order valence-electron chi connectivity index (χ0n) is 6.36. The van der Waals surface area contributed by atoms with Crippen LogP contribution < -0.4 is 0 Å². The van der Waals surface area contributed by atoms with E-state index in [1.165, 1.54) is 0 Å². The number of nitrogens with zero attached hydrogens (tertiary/aromatic N) is 3. The van der Waals surface area contributed by atoms with E-state index in [1.54, 1.807) is 24.3 Å². The quantitative estimate of drug-likeness (QED) is 0.462. The summed E-state index contributed by atoms with van der Waals surface area (Å²) in [5.74, 6) is 0. The third kappa shape index (κ3) is 2.26. The number of hydrogen-bond donors (Lipinski definition) is 0. The first kappa shape index (κ1) is 7.55. The van der Waals surface area contributed by atoms with Crippen LogP contribution in [0, 0.1) is 11.5 Å². The highest BCUT2D eigenvalue weighted by molar-refractivity contribution is 5.08. The summed E-state index contributed by atoms with van der Waals surface area (Å²) in [6.45, 7) is 0.629. The molecular formula is C8H9N3. The van der Waals surface area contributed by atoms with Gasteiger partial charge in [-0.2, -0.15) is 5.26 Å². The van der Waals surface area contributed by atoms with Gasteiger partial charge in [-0.25, -0.2) is 0 Å². The highest BCUT2D eigenvalue weighted by atomic mass is 15.1. The van der Waals surface area contributed by atoms with E-state index in [-0.39, 0.29) is 0 Å². The van der Waals surface area contributed by atoms with Gasteiger partial charge in [0.05, 0.1) is 6.54 Å². The highest BCUT2D eigenvalue weighted by Gasteiger charge is 1.94. The summed E-state index contributed by atoms with van der Waals surface area (Å²) in [5.41, 5.74) is 1.05. The summed E-state index contributed by atoms with van der Waals surface area (Å²) in [4.78, 5) is 5.49. The maximum Gasteiger partial charge on any atom is 0.179 e. The molecule has 11 heavy (non-hydrogen) atoms. The summed E-state index contributed by atoms with van der Waals surface area (Å²) < 4.78 is 0. The molecule has 1 aromatic rings. The molecule has 3 nitrogen and oxygen atoms in total. The Bertz CT molecular complexity index is 250. The summed E-state index contributed by atoms with van der Waals surface area (Å²) in [6, 6.07) is 3.81. The molecule has 0 aromatic carbocycles. The molecule has 0 fully saturated rings. The first-order chi connectivity index (χ1) is 5.33. The standard InChI is InChI=1S/C8H9N3/c1-11(7-9)6-8-3-2-4-10-5-8/h2-5H,6H2,1H3. The van der Waals surface area contributed by atoms with Gasteiger partial charge in [-0.05, 0) is 11.6 Å². The maximum atomic E-state index is 8.45. The Labute approximate surface area is 65.9 Å². The zero-order valence-corrected chi connectivity index (χ0v) is 6.36. The zero-order chi connectivity index (χ0) is 8.10. The Morgan fingerprint density at radius 1 is 1.73 bits per heavy atom. The number of pyridine rings is 1. The van der Waals surface area contributed by atoms with E-state index in [0.29, 0.717) is 6.54 Å². The minimum atomic E-state index is 0.629. The van der Waals surface area contributed by atoms with Crippen molar-refractivity contribution in [2.24, 2.45) is 0 Å². The Morgan fingerprint density at radius 2 is 2.55 bits per heavy atom. The predicted molar refractivity (Wildman–Crippen MR) is 41.3 cm³/mol. The van der Waals surface area contributed by atoms with Crippen LogP contribution in [0.1, 0.15) is 5.56 Å². The second-order valence-corrected chi connectivity index (χ2v) is 2.32. The van der Waals surface area contributed by atoms with Gasteiger partial charge in [0.1, 0.15) is 0 Å². The Balaban J connectivity index is 2.60. The van der Waals surface area contributed by atoms with Crippen molar-refractivity contribution in [3.8, 4) is 6.19 Å². The molecule has 1 rings (SSSR count). The molecule has 0 amide bonds. The van der Waals surface area contributed by atoms with E-state index < -0.39 is 0 Å². The average molecular weight is 147 g/mol. The minimum absolute atomic E-state index is 0.629.